The van der Waals surface area contributed by atoms with Crippen LogP contribution in [0.2, 0.25) is 0 Å². The molecule has 0 radical (unpaired) electrons. The average molecular weight is 227 g/mol. The number of rotatable bonds is 6. The molecule has 2 N–H and O–H groups in total. The average Bonchev–Trinajstić information content (AvgIpc) is 2.23. The minimum atomic E-state index is -0.592. The third-order valence-electron chi connectivity index (χ3n) is 1.99. The third-order valence-corrected chi connectivity index (χ3v) is 1.99. The molecule has 16 heavy (non-hydrogen) atoms. The molecule has 0 heterocycles. The van der Waals surface area contributed by atoms with E-state index in [2.05, 4.69) is 5.32 Å². The minimum absolute atomic E-state index is 0.101. The molecule has 1 atom stereocenters. The molecule has 0 saturated heterocycles. The van der Waals surface area contributed by atoms with Crippen LogP contribution in [0, 0.1) is 5.82 Å². The van der Waals surface area contributed by atoms with Crippen LogP contribution in [-0.4, -0.2) is 30.5 Å². The first-order valence-electron chi connectivity index (χ1n) is 5.37. The molecule has 0 aliphatic heterocycles. The summed E-state index contributed by atoms with van der Waals surface area (Å²) in [7, 11) is 0. The molecule has 0 amide bonds. The summed E-state index contributed by atoms with van der Waals surface area (Å²) in [6.45, 7) is 4.44. The number of hydrogen-bond donors (Lipinski definition) is 2. The molecule has 0 spiro atoms. The van der Waals surface area contributed by atoms with Gasteiger partial charge in [0.1, 0.15) is 5.82 Å². The second kappa shape index (κ2) is 6.45. The summed E-state index contributed by atoms with van der Waals surface area (Å²) in [5.41, 5.74) is 0.656. The highest BCUT2D eigenvalue weighted by molar-refractivity contribution is 5.43. The first-order valence-corrected chi connectivity index (χ1v) is 5.37. The van der Waals surface area contributed by atoms with Crippen LogP contribution < -0.4 is 5.32 Å². The van der Waals surface area contributed by atoms with Crippen molar-refractivity contribution in [3.63, 3.8) is 0 Å². The van der Waals surface area contributed by atoms with Crippen LogP contribution in [0.5, 0.6) is 0 Å². The van der Waals surface area contributed by atoms with Crippen molar-refractivity contribution in [1.29, 1.82) is 0 Å². The van der Waals surface area contributed by atoms with Gasteiger partial charge in [-0.3, -0.25) is 0 Å². The van der Waals surface area contributed by atoms with Crippen molar-refractivity contribution in [2.75, 3.05) is 18.5 Å². The number of nitrogens with one attached hydrogen (secondary N) is 1. The Balaban J connectivity index is 2.28. The molecular weight excluding hydrogens is 209 g/mol. The number of halogens is 1. The van der Waals surface area contributed by atoms with Crippen LogP contribution in [-0.2, 0) is 4.74 Å². The number of aliphatic hydroxyl groups is 1. The molecule has 1 rings (SSSR count). The van der Waals surface area contributed by atoms with E-state index < -0.39 is 6.10 Å². The number of ether oxygens (including phenoxy) is 1. The van der Waals surface area contributed by atoms with Crippen molar-refractivity contribution in [2.45, 2.75) is 26.1 Å². The lowest BCUT2D eigenvalue weighted by molar-refractivity contribution is 0.0112. The van der Waals surface area contributed by atoms with Gasteiger partial charge in [-0.25, -0.2) is 4.39 Å². The summed E-state index contributed by atoms with van der Waals surface area (Å²) >= 11 is 0. The summed E-state index contributed by atoms with van der Waals surface area (Å²) in [5.74, 6) is -0.294. The molecule has 3 nitrogen and oxygen atoms in total. The molecule has 1 aromatic carbocycles. The molecule has 4 heteroatoms. The predicted octanol–water partition coefficient (Wildman–Crippen LogP) is 2.02. The quantitative estimate of drug-likeness (QED) is 0.781. The second-order valence-electron chi connectivity index (χ2n) is 3.93. The van der Waals surface area contributed by atoms with Gasteiger partial charge in [-0.2, -0.15) is 0 Å². The number of aliphatic hydroxyl groups excluding tert-OH is 1. The van der Waals surface area contributed by atoms with Crippen molar-refractivity contribution in [1.82, 2.24) is 0 Å². The van der Waals surface area contributed by atoms with Gasteiger partial charge in [0, 0.05) is 12.2 Å². The Kier molecular flexibility index (Phi) is 5.22. The first-order chi connectivity index (χ1) is 7.58. The van der Waals surface area contributed by atoms with E-state index in [0.29, 0.717) is 12.2 Å². The zero-order valence-electron chi connectivity index (χ0n) is 9.61. The molecule has 1 unspecified atom stereocenters. The standard InChI is InChI=1S/C12H18FNO2/c1-9(2)16-8-12(15)7-14-11-5-3-4-10(13)6-11/h3-6,9,12,14-15H,7-8H2,1-2H3. The summed E-state index contributed by atoms with van der Waals surface area (Å²) in [4.78, 5) is 0. The highest BCUT2D eigenvalue weighted by Gasteiger charge is 2.05. The topological polar surface area (TPSA) is 41.5 Å². The number of hydrogen-bond acceptors (Lipinski definition) is 3. The highest BCUT2D eigenvalue weighted by Crippen LogP contribution is 2.08. The molecule has 90 valence electrons. The predicted molar refractivity (Wildman–Crippen MR) is 62.0 cm³/mol. The van der Waals surface area contributed by atoms with Gasteiger partial charge in [0.15, 0.2) is 0 Å². The summed E-state index contributed by atoms with van der Waals surface area (Å²) in [6.07, 6.45) is -0.491. The van der Waals surface area contributed by atoms with Gasteiger partial charge < -0.3 is 15.2 Å². The Morgan fingerprint density at radius 1 is 1.44 bits per heavy atom. The fourth-order valence-electron chi connectivity index (χ4n) is 1.20. The van der Waals surface area contributed by atoms with E-state index in [9.17, 15) is 9.50 Å². The molecule has 0 aromatic heterocycles. The Morgan fingerprint density at radius 2 is 2.19 bits per heavy atom. The molecule has 1 aromatic rings. The maximum Gasteiger partial charge on any atom is 0.125 e. The van der Waals surface area contributed by atoms with Gasteiger partial charge in [-0.1, -0.05) is 6.07 Å². The van der Waals surface area contributed by atoms with Crippen LogP contribution in [0.15, 0.2) is 24.3 Å². The lowest BCUT2D eigenvalue weighted by Gasteiger charge is -2.14. The third kappa shape index (κ3) is 5.09. The van der Waals surface area contributed by atoms with Crippen LogP contribution in [0.1, 0.15) is 13.8 Å². The van der Waals surface area contributed by atoms with Crippen molar-refractivity contribution in [3.8, 4) is 0 Å². The Morgan fingerprint density at radius 3 is 2.81 bits per heavy atom. The van der Waals surface area contributed by atoms with Crippen molar-refractivity contribution >= 4 is 5.69 Å². The van der Waals surface area contributed by atoms with Gasteiger partial charge in [0.2, 0.25) is 0 Å². The van der Waals surface area contributed by atoms with Gasteiger partial charge in [0.25, 0.3) is 0 Å². The summed E-state index contributed by atoms with van der Waals surface area (Å²) < 4.78 is 18.1. The smallest absolute Gasteiger partial charge is 0.125 e. The molecule has 0 aliphatic rings. The number of benzene rings is 1. The Hall–Kier alpha value is -1.13. The monoisotopic (exact) mass is 227 g/mol. The van der Waals surface area contributed by atoms with Crippen LogP contribution in [0.25, 0.3) is 0 Å². The molecule has 0 aliphatic carbocycles. The highest BCUT2D eigenvalue weighted by atomic mass is 19.1. The maximum absolute atomic E-state index is 12.8. The van der Waals surface area contributed by atoms with Gasteiger partial charge in [0.05, 0.1) is 18.8 Å². The summed E-state index contributed by atoms with van der Waals surface area (Å²) in [6, 6.07) is 6.13. The molecular formula is C12H18FNO2. The summed E-state index contributed by atoms with van der Waals surface area (Å²) in [5, 5.41) is 12.5. The van der Waals surface area contributed by atoms with E-state index in [-0.39, 0.29) is 18.5 Å². The van der Waals surface area contributed by atoms with Crippen molar-refractivity contribution in [2.24, 2.45) is 0 Å². The van der Waals surface area contributed by atoms with E-state index in [1.807, 2.05) is 13.8 Å². The van der Waals surface area contributed by atoms with Gasteiger partial charge in [-0.05, 0) is 32.0 Å². The fraction of sp³-hybridized carbons (Fsp3) is 0.500. The van der Waals surface area contributed by atoms with Gasteiger partial charge in [-0.15, -0.1) is 0 Å². The lowest BCUT2D eigenvalue weighted by atomic mass is 10.3. The lowest BCUT2D eigenvalue weighted by Crippen LogP contribution is -2.26. The number of anilines is 1. The minimum Gasteiger partial charge on any atom is -0.389 e. The maximum atomic E-state index is 12.8. The molecule has 0 fully saturated rings. The van der Waals surface area contributed by atoms with Crippen molar-refractivity contribution in [3.05, 3.63) is 30.1 Å². The fourth-order valence-corrected chi connectivity index (χ4v) is 1.20. The van der Waals surface area contributed by atoms with Crippen molar-refractivity contribution < 1.29 is 14.2 Å². The van der Waals surface area contributed by atoms with Crippen LogP contribution >= 0.6 is 0 Å². The normalized spacial score (nSPS) is 12.8. The van der Waals surface area contributed by atoms with E-state index in [1.165, 1.54) is 12.1 Å². The van der Waals surface area contributed by atoms with E-state index >= 15 is 0 Å². The van der Waals surface area contributed by atoms with E-state index in [1.54, 1.807) is 12.1 Å². The first kappa shape index (κ1) is 12.9. The Labute approximate surface area is 95.2 Å². The van der Waals surface area contributed by atoms with Crippen LogP contribution in [0.3, 0.4) is 0 Å². The largest absolute Gasteiger partial charge is 0.389 e. The second-order valence-corrected chi connectivity index (χ2v) is 3.93. The SMILES string of the molecule is CC(C)OCC(O)CNc1cccc(F)c1. The molecule has 0 saturated carbocycles. The Bertz CT molecular complexity index is 318. The van der Waals surface area contributed by atoms with Gasteiger partial charge >= 0.3 is 0 Å². The zero-order chi connectivity index (χ0) is 12.0. The zero-order valence-corrected chi connectivity index (χ0v) is 9.61. The van der Waals surface area contributed by atoms with E-state index in [0.717, 1.165) is 0 Å². The molecule has 0 bridgehead atoms. The van der Waals surface area contributed by atoms with E-state index in [4.69, 9.17) is 4.74 Å². The van der Waals surface area contributed by atoms with Crippen LogP contribution in [0.4, 0.5) is 10.1 Å².